The fourth-order valence-electron chi connectivity index (χ4n) is 3.80. The first kappa shape index (κ1) is 22.9. The summed E-state index contributed by atoms with van der Waals surface area (Å²) in [5.41, 5.74) is 5.11. The number of hydrogen-bond donors (Lipinski definition) is 2. The molecule has 166 valence electrons. The summed E-state index contributed by atoms with van der Waals surface area (Å²) in [5.74, 6) is -0.837. The Labute approximate surface area is 182 Å². The van der Waals surface area contributed by atoms with E-state index >= 15 is 0 Å². The van der Waals surface area contributed by atoms with Gasteiger partial charge in [0, 0.05) is 63.1 Å². The number of fused-ring (bicyclic) bond motifs is 1. The second-order valence-corrected chi connectivity index (χ2v) is 9.63. The average molecular weight is 445 g/mol. The van der Waals surface area contributed by atoms with Crippen LogP contribution < -0.4 is 4.72 Å². The predicted octanol–water partition coefficient (Wildman–Crippen LogP) is 2.12. The Morgan fingerprint density at radius 2 is 1.97 bits per heavy atom. The molecule has 0 amide bonds. The first-order chi connectivity index (χ1) is 14.7. The highest BCUT2D eigenvalue weighted by Crippen LogP contribution is 2.31. The summed E-state index contributed by atoms with van der Waals surface area (Å²) < 4.78 is 29.9. The van der Waals surface area contributed by atoms with Gasteiger partial charge in [-0.05, 0) is 41.7 Å². The van der Waals surface area contributed by atoms with E-state index in [4.69, 9.17) is 0 Å². The van der Waals surface area contributed by atoms with Crippen LogP contribution in [0.1, 0.15) is 28.8 Å². The summed E-state index contributed by atoms with van der Waals surface area (Å²) in [7, 11) is 1.43. The van der Waals surface area contributed by atoms with Crippen molar-refractivity contribution in [1.82, 2.24) is 18.6 Å². The first-order valence-electron chi connectivity index (χ1n) is 10.1. The van der Waals surface area contributed by atoms with E-state index in [9.17, 15) is 18.3 Å². The van der Waals surface area contributed by atoms with Gasteiger partial charge in [0.1, 0.15) is 0 Å². The van der Waals surface area contributed by atoms with Crippen LogP contribution in [-0.4, -0.2) is 54.0 Å². The van der Waals surface area contributed by atoms with E-state index in [-0.39, 0.29) is 13.0 Å². The molecular weight excluding hydrogens is 416 g/mol. The predicted molar refractivity (Wildman–Crippen MR) is 120 cm³/mol. The molecule has 1 aromatic carbocycles. The molecule has 8 nitrogen and oxygen atoms in total. The van der Waals surface area contributed by atoms with Gasteiger partial charge >= 0.3 is 5.97 Å². The number of aromatic nitrogens is 2. The molecule has 0 aliphatic carbocycles. The van der Waals surface area contributed by atoms with Crippen LogP contribution in [0.2, 0.25) is 0 Å². The van der Waals surface area contributed by atoms with Gasteiger partial charge in [-0.15, -0.1) is 0 Å². The molecule has 31 heavy (non-hydrogen) atoms. The summed E-state index contributed by atoms with van der Waals surface area (Å²) in [6, 6.07) is 9.85. The largest absolute Gasteiger partial charge is 0.481 e. The van der Waals surface area contributed by atoms with Crippen LogP contribution in [0, 0.1) is 0 Å². The first-order valence-corrected chi connectivity index (χ1v) is 11.5. The Morgan fingerprint density at radius 1 is 1.19 bits per heavy atom. The Morgan fingerprint density at radius 3 is 2.61 bits per heavy atom. The summed E-state index contributed by atoms with van der Waals surface area (Å²) in [6.45, 7) is 0.269. The lowest BCUT2D eigenvalue weighted by molar-refractivity contribution is -0.136. The Hall–Kier alpha value is -2.75. The van der Waals surface area contributed by atoms with Gasteiger partial charge in [0.05, 0.1) is 6.42 Å². The minimum atomic E-state index is -3.50. The Kier molecular flexibility index (Phi) is 7.09. The van der Waals surface area contributed by atoms with Crippen molar-refractivity contribution in [2.75, 3.05) is 20.6 Å². The normalized spacial score (nSPS) is 12.0. The SMILES string of the molecule is CN(C)S(=O)(=O)NCCc1cccc2c1c(Cc1cccnc1)c(CCC(=O)O)n2C. The number of benzene rings is 1. The van der Waals surface area contributed by atoms with E-state index in [1.165, 1.54) is 14.1 Å². The van der Waals surface area contributed by atoms with E-state index in [0.717, 1.165) is 37.6 Å². The van der Waals surface area contributed by atoms with Gasteiger partial charge in [0.15, 0.2) is 0 Å². The molecule has 0 aliphatic heterocycles. The number of aryl methyl sites for hydroxylation is 1. The van der Waals surface area contributed by atoms with Crippen molar-refractivity contribution in [3.63, 3.8) is 0 Å². The number of rotatable bonds is 10. The minimum Gasteiger partial charge on any atom is -0.481 e. The summed E-state index contributed by atoms with van der Waals surface area (Å²) >= 11 is 0. The van der Waals surface area contributed by atoms with E-state index < -0.39 is 16.2 Å². The smallest absolute Gasteiger partial charge is 0.303 e. The lowest BCUT2D eigenvalue weighted by Crippen LogP contribution is -2.36. The molecule has 0 bridgehead atoms. The van der Waals surface area contributed by atoms with Gasteiger partial charge in [0.2, 0.25) is 0 Å². The van der Waals surface area contributed by atoms with Crippen molar-refractivity contribution in [3.8, 4) is 0 Å². The van der Waals surface area contributed by atoms with E-state index in [0.29, 0.717) is 19.3 Å². The molecule has 0 saturated heterocycles. The maximum Gasteiger partial charge on any atom is 0.303 e. The number of carboxylic acids is 1. The molecule has 2 aromatic heterocycles. The van der Waals surface area contributed by atoms with Crippen molar-refractivity contribution >= 4 is 27.1 Å². The molecular formula is C22H28N4O4S. The van der Waals surface area contributed by atoms with Crippen LogP contribution in [0.5, 0.6) is 0 Å². The van der Waals surface area contributed by atoms with Crippen LogP contribution in [0.15, 0.2) is 42.7 Å². The van der Waals surface area contributed by atoms with Gasteiger partial charge in [-0.3, -0.25) is 9.78 Å². The monoisotopic (exact) mass is 444 g/mol. The number of pyridine rings is 1. The summed E-state index contributed by atoms with van der Waals surface area (Å²) in [4.78, 5) is 15.4. The number of hydrogen-bond acceptors (Lipinski definition) is 4. The van der Waals surface area contributed by atoms with Crippen molar-refractivity contribution < 1.29 is 18.3 Å². The van der Waals surface area contributed by atoms with Crippen LogP contribution in [0.3, 0.4) is 0 Å². The van der Waals surface area contributed by atoms with Crippen LogP contribution >= 0.6 is 0 Å². The van der Waals surface area contributed by atoms with Crippen LogP contribution in [-0.2, 0) is 41.3 Å². The van der Waals surface area contributed by atoms with Gasteiger partial charge in [-0.25, -0.2) is 4.72 Å². The highest BCUT2D eigenvalue weighted by Gasteiger charge is 2.19. The highest BCUT2D eigenvalue weighted by molar-refractivity contribution is 7.87. The number of nitrogens with one attached hydrogen (secondary N) is 1. The maximum atomic E-state index is 12.0. The fraction of sp³-hybridized carbons (Fsp3) is 0.364. The number of aliphatic carboxylic acids is 1. The Balaban J connectivity index is 2.03. The number of carboxylic acid groups (broad SMARTS) is 1. The quantitative estimate of drug-likeness (QED) is 0.498. The standard InChI is InChI=1S/C22H28N4O4S/c1-25(2)31(29,30)24-13-11-17-7-4-8-20-22(17)18(14-16-6-5-12-23-15-16)19(26(20)3)9-10-21(27)28/h4-8,12,15,24H,9-11,13-14H2,1-3H3,(H,27,28). The molecule has 0 atom stereocenters. The molecule has 2 N–H and O–H groups in total. The van der Waals surface area contributed by atoms with Crippen LogP contribution in [0.25, 0.3) is 10.9 Å². The van der Waals surface area contributed by atoms with E-state index in [2.05, 4.69) is 14.3 Å². The summed E-state index contributed by atoms with van der Waals surface area (Å²) in [6.07, 6.45) is 5.15. The lowest BCUT2D eigenvalue weighted by Gasteiger charge is -2.13. The molecule has 2 heterocycles. The zero-order valence-corrected chi connectivity index (χ0v) is 18.8. The van der Waals surface area contributed by atoms with Crippen molar-refractivity contribution in [2.45, 2.75) is 25.7 Å². The second kappa shape index (κ2) is 9.59. The fourth-order valence-corrected chi connectivity index (χ4v) is 4.42. The number of carbonyl (C=O) groups is 1. The molecule has 0 unspecified atom stereocenters. The molecule has 9 heteroatoms. The molecule has 3 rings (SSSR count). The third-order valence-corrected chi connectivity index (χ3v) is 6.91. The lowest BCUT2D eigenvalue weighted by atomic mass is 9.96. The van der Waals surface area contributed by atoms with E-state index in [1.54, 1.807) is 6.20 Å². The van der Waals surface area contributed by atoms with Gasteiger partial charge < -0.3 is 9.67 Å². The molecule has 0 radical (unpaired) electrons. The van der Waals surface area contributed by atoms with Gasteiger partial charge in [-0.1, -0.05) is 18.2 Å². The van der Waals surface area contributed by atoms with E-state index in [1.807, 2.05) is 43.6 Å². The molecule has 0 saturated carbocycles. The highest BCUT2D eigenvalue weighted by atomic mass is 32.2. The minimum absolute atomic E-state index is 0.0438. The second-order valence-electron chi connectivity index (χ2n) is 7.66. The molecule has 0 fully saturated rings. The zero-order valence-electron chi connectivity index (χ0n) is 18.0. The third kappa shape index (κ3) is 5.30. The van der Waals surface area contributed by atoms with Crippen LogP contribution in [0.4, 0.5) is 0 Å². The number of nitrogens with zero attached hydrogens (tertiary/aromatic N) is 3. The van der Waals surface area contributed by atoms with Crippen molar-refractivity contribution in [3.05, 3.63) is 65.1 Å². The maximum absolute atomic E-state index is 12.0. The average Bonchev–Trinajstić information content (AvgIpc) is 2.99. The zero-order chi connectivity index (χ0) is 22.6. The van der Waals surface area contributed by atoms with Crippen molar-refractivity contribution in [1.29, 1.82) is 0 Å². The molecule has 3 aromatic rings. The van der Waals surface area contributed by atoms with Gasteiger partial charge in [0.25, 0.3) is 10.2 Å². The van der Waals surface area contributed by atoms with Gasteiger partial charge in [-0.2, -0.15) is 12.7 Å². The molecule has 0 spiro atoms. The van der Waals surface area contributed by atoms with Crippen molar-refractivity contribution in [2.24, 2.45) is 7.05 Å². The third-order valence-electron chi connectivity index (χ3n) is 5.38. The summed E-state index contributed by atoms with van der Waals surface area (Å²) in [5, 5.41) is 10.3. The topological polar surface area (TPSA) is 105 Å². The Bertz CT molecular complexity index is 1170. The molecule has 0 aliphatic rings.